The van der Waals surface area contributed by atoms with Crippen molar-refractivity contribution in [2.75, 3.05) is 7.11 Å². The van der Waals surface area contributed by atoms with Crippen LogP contribution in [-0.2, 0) is 16.0 Å². The number of carbonyl (C=O) groups excluding carboxylic acids is 2. The van der Waals surface area contributed by atoms with E-state index >= 15 is 0 Å². The molecule has 0 spiro atoms. The molecule has 2 aromatic carbocycles. The standard InChI is InChI=1S/C17H15N3O5/c1-24-17(22)14(9-11-5-3-2-4-6-11)18-16(21)12-7-8-15-13(10-12)19-25-20(15)23/h2-8,10,14H,9H2,1H3,(H,18,21). The highest BCUT2D eigenvalue weighted by Gasteiger charge is 2.23. The quantitative estimate of drug-likeness (QED) is 0.547. The van der Waals surface area contributed by atoms with Crippen molar-refractivity contribution in [3.8, 4) is 0 Å². The van der Waals surface area contributed by atoms with Gasteiger partial charge in [-0.3, -0.25) is 9.42 Å². The second-order valence-electron chi connectivity index (χ2n) is 5.37. The molecule has 0 aliphatic rings. The topological polar surface area (TPSA) is 108 Å². The Morgan fingerprint density at radius 2 is 2.04 bits per heavy atom. The summed E-state index contributed by atoms with van der Waals surface area (Å²) in [7, 11) is 1.26. The van der Waals surface area contributed by atoms with Crippen LogP contribution < -0.4 is 10.2 Å². The average molecular weight is 341 g/mol. The van der Waals surface area contributed by atoms with E-state index in [2.05, 4.69) is 15.1 Å². The lowest BCUT2D eigenvalue weighted by Crippen LogP contribution is -2.43. The fourth-order valence-corrected chi connectivity index (χ4v) is 2.44. The van der Waals surface area contributed by atoms with Gasteiger partial charge >= 0.3 is 5.97 Å². The molecule has 0 saturated heterocycles. The minimum atomic E-state index is -0.836. The number of hydrogen-bond donors (Lipinski definition) is 1. The van der Waals surface area contributed by atoms with Gasteiger partial charge in [0.2, 0.25) is 11.0 Å². The zero-order valence-electron chi connectivity index (χ0n) is 13.3. The van der Waals surface area contributed by atoms with Crippen molar-refractivity contribution in [2.45, 2.75) is 12.5 Å². The third kappa shape index (κ3) is 3.57. The van der Waals surface area contributed by atoms with Crippen LogP contribution in [0.2, 0.25) is 0 Å². The van der Waals surface area contributed by atoms with E-state index < -0.39 is 17.9 Å². The maximum absolute atomic E-state index is 12.5. The van der Waals surface area contributed by atoms with Crippen molar-refractivity contribution >= 4 is 22.9 Å². The highest BCUT2D eigenvalue weighted by Crippen LogP contribution is 2.11. The molecule has 1 unspecified atom stereocenters. The number of esters is 1. The molecule has 0 fully saturated rings. The van der Waals surface area contributed by atoms with Gasteiger partial charge in [0.1, 0.15) is 6.04 Å². The molecule has 1 amide bonds. The van der Waals surface area contributed by atoms with Gasteiger partial charge in [0.05, 0.1) is 7.11 Å². The molecule has 25 heavy (non-hydrogen) atoms. The summed E-state index contributed by atoms with van der Waals surface area (Å²) in [5.74, 6) is -1.02. The molecule has 1 aromatic heterocycles. The summed E-state index contributed by atoms with van der Waals surface area (Å²) >= 11 is 0. The van der Waals surface area contributed by atoms with E-state index in [-0.39, 0.29) is 21.5 Å². The van der Waals surface area contributed by atoms with Crippen LogP contribution in [0.3, 0.4) is 0 Å². The highest BCUT2D eigenvalue weighted by molar-refractivity contribution is 5.98. The second kappa shape index (κ2) is 7.00. The average Bonchev–Trinajstić information content (AvgIpc) is 3.01. The molecule has 0 aliphatic heterocycles. The van der Waals surface area contributed by atoms with Crippen molar-refractivity contribution in [1.29, 1.82) is 0 Å². The molecule has 0 bridgehead atoms. The van der Waals surface area contributed by atoms with Gasteiger partial charge in [-0.05, 0) is 22.6 Å². The lowest BCUT2D eigenvalue weighted by molar-refractivity contribution is -0.782. The molecule has 8 nitrogen and oxygen atoms in total. The van der Waals surface area contributed by atoms with Crippen LogP contribution in [0.15, 0.2) is 53.2 Å². The van der Waals surface area contributed by atoms with Gasteiger partial charge < -0.3 is 15.3 Å². The summed E-state index contributed by atoms with van der Waals surface area (Å²) < 4.78 is 9.24. The second-order valence-corrected chi connectivity index (χ2v) is 5.37. The SMILES string of the molecule is COC(=O)C(Cc1ccccc1)NC(=O)c1ccc2c(c1)no[n+]2[O-]. The van der Waals surface area contributed by atoms with Crippen LogP contribution in [0.4, 0.5) is 0 Å². The number of fused-ring (bicyclic) bond motifs is 1. The van der Waals surface area contributed by atoms with Gasteiger partial charge in [-0.1, -0.05) is 30.3 Å². The summed E-state index contributed by atoms with van der Waals surface area (Å²) in [6.07, 6.45) is 0.298. The normalized spacial score (nSPS) is 11.9. The Labute approximate surface area is 142 Å². The van der Waals surface area contributed by atoms with E-state index in [9.17, 15) is 14.8 Å². The minimum Gasteiger partial charge on any atom is -0.467 e. The first-order chi connectivity index (χ1) is 12.1. The molecule has 0 saturated carbocycles. The number of carbonyl (C=O) groups is 2. The molecule has 128 valence electrons. The van der Waals surface area contributed by atoms with Crippen molar-refractivity contribution in [2.24, 2.45) is 0 Å². The van der Waals surface area contributed by atoms with Gasteiger partial charge in [0.15, 0.2) is 0 Å². The molecule has 0 aliphatic carbocycles. The Bertz CT molecular complexity index is 907. The van der Waals surface area contributed by atoms with Gasteiger partial charge in [-0.25, -0.2) is 4.79 Å². The number of methoxy groups -OCH3 is 1. The fraction of sp³-hybridized carbons (Fsp3) is 0.176. The van der Waals surface area contributed by atoms with Crippen molar-refractivity contribution < 1.29 is 23.9 Å². The van der Waals surface area contributed by atoms with Crippen LogP contribution in [0.1, 0.15) is 15.9 Å². The first-order valence-electron chi connectivity index (χ1n) is 7.50. The zero-order chi connectivity index (χ0) is 17.8. The van der Waals surface area contributed by atoms with Crippen LogP contribution in [-0.4, -0.2) is 30.2 Å². The van der Waals surface area contributed by atoms with E-state index in [4.69, 9.17) is 4.74 Å². The minimum absolute atomic E-state index is 0.213. The monoisotopic (exact) mass is 341 g/mol. The zero-order valence-corrected chi connectivity index (χ0v) is 13.3. The van der Waals surface area contributed by atoms with Crippen molar-refractivity contribution in [3.05, 3.63) is 64.9 Å². The van der Waals surface area contributed by atoms with Gasteiger partial charge in [0, 0.05) is 23.2 Å². The van der Waals surface area contributed by atoms with Crippen molar-refractivity contribution in [1.82, 2.24) is 10.5 Å². The van der Waals surface area contributed by atoms with Gasteiger partial charge in [-0.15, -0.1) is 0 Å². The maximum atomic E-state index is 12.5. The number of nitrogens with one attached hydrogen (secondary N) is 1. The predicted octanol–water partition coefficient (Wildman–Crippen LogP) is 0.975. The molecule has 1 N–H and O–H groups in total. The maximum Gasteiger partial charge on any atom is 0.328 e. The third-order valence-corrected chi connectivity index (χ3v) is 3.72. The van der Waals surface area contributed by atoms with Crippen molar-refractivity contribution in [3.63, 3.8) is 0 Å². The van der Waals surface area contributed by atoms with Crippen LogP contribution in [0, 0.1) is 5.21 Å². The van der Waals surface area contributed by atoms with Crippen LogP contribution >= 0.6 is 0 Å². The van der Waals surface area contributed by atoms with E-state index in [1.807, 2.05) is 30.3 Å². The first-order valence-corrected chi connectivity index (χ1v) is 7.50. The molecule has 1 atom stereocenters. The molecular formula is C17H15N3O5. The van der Waals surface area contributed by atoms with Crippen LogP contribution in [0.25, 0.3) is 11.0 Å². The first kappa shape index (κ1) is 16.4. The number of benzene rings is 2. The smallest absolute Gasteiger partial charge is 0.328 e. The third-order valence-electron chi connectivity index (χ3n) is 3.72. The highest BCUT2D eigenvalue weighted by atomic mass is 16.8. The molecule has 0 radical (unpaired) electrons. The Balaban J connectivity index is 1.79. The van der Waals surface area contributed by atoms with E-state index in [1.165, 1.54) is 25.3 Å². The fourth-order valence-electron chi connectivity index (χ4n) is 2.44. The number of nitrogens with zero attached hydrogens (tertiary/aromatic N) is 2. The van der Waals surface area contributed by atoms with Gasteiger partial charge in [0.25, 0.3) is 5.91 Å². The summed E-state index contributed by atoms with van der Waals surface area (Å²) in [4.78, 5) is 24.7. The Hall–Kier alpha value is -3.42. The van der Waals surface area contributed by atoms with E-state index in [0.717, 1.165) is 5.56 Å². The molecule has 1 heterocycles. The summed E-state index contributed by atoms with van der Waals surface area (Å²) in [5, 5.41) is 17.5. The molecule has 3 rings (SSSR count). The number of hydrogen-bond acceptors (Lipinski definition) is 6. The summed E-state index contributed by atoms with van der Waals surface area (Å²) in [5.41, 5.74) is 1.60. The van der Waals surface area contributed by atoms with E-state index in [1.54, 1.807) is 0 Å². The lowest BCUT2D eigenvalue weighted by Gasteiger charge is -2.16. The summed E-state index contributed by atoms with van der Waals surface area (Å²) in [6, 6.07) is 12.7. The van der Waals surface area contributed by atoms with E-state index in [0.29, 0.717) is 6.42 Å². The molecule has 8 heteroatoms. The van der Waals surface area contributed by atoms with Crippen LogP contribution in [0.5, 0.6) is 0 Å². The molecule has 3 aromatic rings. The lowest BCUT2D eigenvalue weighted by atomic mass is 10.1. The Morgan fingerprint density at radius 1 is 1.28 bits per heavy atom. The Kier molecular flexibility index (Phi) is 4.60. The Morgan fingerprint density at radius 3 is 2.76 bits per heavy atom. The number of ether oxygens (including phenoxy) is 1. The molecular weight excluding hydrogens is 326 g/mol. The predicted molar refractivity (Wildman–Crippen MR) is 86.4 cm³/mol. The number of amides is 1. The largest absolute Gasteiger partial charge is 0.467 e. The number of aromatic nitrogens is 2. The number of rotatable bonds is 5. The summed E-state index contributed by atoms with van der Waals surface area (Å²) in [6.45, 7) is 0. The van der Waals surface area contributed by atoms with Gasteiger partial charge in [-0.2, -0.15) is 0 Å².